The van der Waals surface area contributed by atoms with Crippen molar-refractivity contribution in [1.82, 2.24) is 9.55 Å². The number of imidazole rings is 1. The summed E-state index contributed by atoms with van der Waals surface area (Å²) in [5.41, 5.74) is 1.39. The number of carbonyl (C=O) groups excluding carboxylic acids is 1. The number of benzene rings is 2. The molecular weight excluding hydrogens is 342 g/mol. The van der Waals surface area contributed by atoms with Crippen LogP contribution in [0.25, 0.3) is 5.69 Å². The van der Waals surface area contributed by atoms with Crippen LogP contribution in [0.3, 0.4) is 0 Å². The molecule has 1 N–H and O–H groups in total. The Morgan fingerprint density at radius 1 is 1.15 bits per heavy atom. The van der Waals surface area contributed by atoms with E-state index in [0.29, 0.717) is 5.69 Å². The van der Waals surface area contributed by atoms with Crippen molar-refractivity contribution in [2.24, 2.45) is 0 Å². The molecule has 1 heterocycles. The first kappa shape index (κ1) is 17.6. The number of hydrogen-bond donors (Lipinski definition) is 1. The third-order valence-electron chi connectivity index (χ3n) is 4.01. The van der Waals surface area contributed by atoms with Gasteiger partial charge in [0, 0.05) is 23.5 Å². The summed E-state index contributed by atoms with van der Waals surface area (Å²) in [5.74, 6) is -2.12. The molecule has 0 aliphatic heterocycles. The zero-order valence-electron chi connectivity index (χ0n) is 14.1. The van der Waals surface area contributed by atoms with E-state index in [2.05, 4.69) is 4.98 Å². The van der Waals surface area contributed by atoms with Gasteiger partial charge in [0.2, 0.25) is 0 Å². The van der Waals surface area contributed by atoms with Crippen LogP contribution in [0.2, 0.25) is 0 Å². The molecule has 0 fully saturated rings. The van der Waals surface area contributed by atoms with E-state index in [1.54, 1.807) is 25.3 Å². The quantitative estimate of drug-likeness (QED) is 0.724. The van der Waals surface area contributed by atoms with E-state index in [1.165, 1.54) is 29.7 Å². The van der Waals surface area contributed by atoms with Crippen LogP contribution in [0.1, 0.15) is 34.6 Å². The highest BCUT2D eigenvalue weighted by molar-refractivity contribution is 5.89. The minimum atomic E-state index is -0.877. The van der Waals surface area contributed by atoms with Crippen molar-refractivity contribution in [3.8, 4) is 5.69 Å². The van der Waals surface area contributed by atoms with Gasteiger partial charge < -0.3 is 9.72 Å². The molecule has 0 spiro atoms. The number of H-pyrrole nitrogens is 1. The number of aromatic nitrogens is 2. The third kappa shape index (κ3) is 3.42. The smallest absolute Gasteiger partial charge is 0.338 e. The lowest BCUT2D eigenvalue weighted by Gasteiger charge is -2.14. The average molecular weight is 358 g/mol. The van der Waals surface area contributed by atoms with E-state index in [9.17, 15) is 18.4 Å². The maximum absolute atomic E-state index is 13.8. The number of nitrogens with one attached hydrogen (secondary N) is 1. The van der Waals surface area contributed by atoms with Gasteiger partial charge in [-0.3, -0.25) is 4.57 Å². The number of aromatic amines is 1. The van der Waals surface area contributed by atoms with E-state index in [-0.39, 0.29) is 16.8 Å². The number of ether oxygens (including phenoxy) is 1. The molecule has 1 aromatic heterocycles. The number of esters is 1. The number of aryl methyl sites for hydroxylation is 1. The van der Waals surface area contributed by atoms with Gasteiger partial charge in [-0.1, -0.05) is 0 Å². The van der Waals surface area contributed by atoms with Gasteiger partial charge in [-0.25, -0.2) is 18.4 Å². The van der Waals surface area contributed by atoms with Crippen molar-refractivity contribution in [2.75, 3.05) is 0 Å². The topological polar surface area (TPSA) is 64.1 Å². The second-order valence-corrected chi connectivity index (χ2v) is 5.83. The highest BCUT2D eigenvalue weighted by atomic mass is 19.1. The Labute approximate surface area is 147 Å². The summed E-state index contributed by atoms with van der Waals surface area (Å²) in [7, 11) is 0. The molecule has 0 amide bonds. The van der Waals surface area contributed by atoms with Gasteiger partial charge in [-0.15, -0.1) is 0 Å². The number of hydrogen-bond acceptors (Lipinski definition) is 3. The van der Waals surface area contributed by atoms with Crippen molar-refractivity contribution < 1.29 is 18.3 Å². The van der Waals surface area contributed by atoms with Crippen molar-refractivity contribution in [1.29, 1.82) is 0 Å². The Kier molecular flexibility index (Phi) is 4.71. The molecule has 1 atom stereocenters. The fourth-order valence-electron chi connectivity index (χ4n) is 2.65. The van der Waals surface area contributed by atoms with Gasteiger partial charge in [0.25, 0.3) is 0 Å². The fraction of sp³-hybridized carbons (Fsp3) is 0.158. The number of nitrogens with zero attached hydrogens (tertiary/aromatic N) is 1. The molecule has 0 radical (unpaired) electrons. The monoisotopic (exact) mass is 358 g/mol. The Balaban J connectivity index is 1.77. The van der Waals surface area contributed by atoms with Gasteiger partial charge in [-0.2, -0.15) is 0 Å². The molecule has 7 heteroatoms. The maximum atomic E-state index is 13.8. The molecular formula is C19H16F2N2O3. The van der Waals surface area contributed by atoms with Gasteiger partial charge >= 0.3 is 11.7 Å². The lowest BCUT2D eigenvalue weighted by atomic mass is 10.1. The minimum absolute atomic E-state index is 0.0888. The molecule has 0 aliphatic rings. The van der Waals surface area contributed by atoms with Crippen LogP contribution in [-0.2, 0) is 4.74 Å². The molecule has 0 saturated carbocycles. The zero-order valence-corrected chi connectivity index (χ0v) is 14.1. The lowest BCUT2D eigenvalue weighted by Crippen LogP contribution is -2.16. The normalized spacial score (nSPS) is 12.0. The van der Waals surface area contributed by atoms with Crippen LogP contribution in [0, 0.1) is 18.6 Å². The van der Waals surface area contributed by atoms with Gasteiger partial charge in [0.05, 0.1) is 11.3 Å². The molecule has 0 bridgehead atoms. The minimum Gasteiger partial charge on any atom is -0.454 e. The largest absolute Gasteiger partial charge is 0.454 e. The Morgan fingerprint density at radius 3 is 2.42 bits per heavy atom. The van der Waals surface area contributed by atoms with Crippen LogP contribution in [0.4, 0.5) is 8.78 Å². The van der Waals surface area contributed by atoms with E-state index in [4.69, 9.17) is 4.74 Å². The van der Waals surface area contributed by atoms with E-state index >= 15 is 0 Å². The number of rotatable bonds is 4. The summed E-state index contributed by atoms with van der Waals surface area (Å²) in [6.45, 7) is 3.28. The average Bonchev–Trinajstić information content (AvgIpc) is 2.93. The third-order valence-corrected chi connectivity index (χ3v) is 4.01. The zero-order chi connectivity index (χ0) is 18.8. The SMILES string of the molecule is Cc1c[nH]c(=O)n1-c1ccc(C(=O)OC(C)c2ccc(F)cc2F)cc1. The fourth-order valence-corrected chi connectivity index (χ4v) is 2.65. The molecule has 134 valence electrons. The summed E-state index contributed by atoms with van der Waals surface area (Å²) in [6, 6.07) is 9.35. The molecule has 0 aliphatic carbocycles. The summed E-state index contributed by atoms with van der Waals surface area (Å²) in [6.07, 6.45) is 0.709. The van der Waals surface area contributed by atoms with Gasteiger partial charge in [0.15, 0.2) is 0 Å². The van der Waals surface area contributed by atoms with Crippen LogP contribution < -0.4 is 5.69 Å². The summed E-state index contributed by atoms with van der Waals surface area (Å²) in [5, 5.41) is 0. The van der Waals surface area contributed by atoms with Crippen molar-refractivity contribution in [3.63, 3.8) is 0 Å². The Bertz CT molecular complexity index is 1010. The Morgan fingerprint density at radius 2 is 1.85 bits per heavy atom. The molecule has 3 aromatic rings. The first-order valence-corrected chi connectivity index (χ1v) is 7.90. The van der Waals surface area contributed by atoms with Crippen LogP contribution in [-0.4, -0.2) is 15.5 Å². The van der Waals surface area contributed by atoms with Crippen LogP contribution in [0.5, 0.6) is 0 Å². The van der Waals surface area contributed by atoms with Crippen molar-refractivity contribution in [2.45, 2.75) is 20.0 Å². The van der Waals surface area contributed by atoms with Crippen molar-refractivity contribution in [3.05, 3.63) is 87.6 Å². The second-order valence-electron chi connectivity index (χ2n) is 5.83. The summed E-state index contributed by atoms with van der Waals surface area (Å²) >= 11 is 0. The summed E-state index contributed by atoms with van der Waals surface area (Å²) < 4.78 is 33.5. The first-order valence-electron chi connectivity index (χ1n) is 7.90. The van der Waals surface area contributed by atoms with Gasteiger partial charge in [0.1, 0.15) is 17.7 Å². The first-order chi connectivity index (χ1) is 12.4. The highest BCUT2D eigenvalue weighted by Crippen LogP contribution is 2.22. The summed E-state index contributed by atoms with van der Waals surface area (Å²) in [4.78, 5) is 26.6. The standard InChI is InChI=1S/C19H16F2N2O3/c1-11-10-22-19(25)23(11)15-6-3-13(4-7-15)18(24)26-12(2)16-8-5-14(20)9-17(16)21/h3-10,12H,1-2H3,(H,22,25). The predicted molar refractivity (Wildman–Crippen MR) is 91.3 cm³/mol. The van der Waals surface area contributed by atoms with Gasteiger partial charge in [-0.05, 0) is 50.2 Å². The molecule has 1 unspecified atom stereocenters. The predicted octanol–water partition coefficient (Wildman–Crippen LogP) is 3.67. The molecule has 3 rings (SSSR count). The Hall–Kier alpha value is -3.22. The van der Waals surface area contributed by atoms with Crippen molar-refractivity contribution >= 4 is 5.97 Å². The van der Waals surface area contributed by atoms with Crippen LogP contribution >= 0.6 is 0 Å². The highest BCUT2D eigenvalue weighted by Gasteiger charge is 2.17. The lowest BCUT2D eigenvalue weighted by molar-refractivity contribution is 0.0331. The van der Waals surface area contributed by atoms with Crippen LogP contribution in [0.15, 0.2) is 53.5 Å². The second kappa shape index (κ2) is 6.95. The molecule has 26 heavy (non-hydrogen) atoms. The number of carbonyl (C=O) groups is 1. The molecule has 2 aromatic carbocycles. The van der Waals surface area contributed by atoms with E-state index < -0.39 is 23.7 Å². The van der Waals surface area contributed by atoms with E-state index in [1.807, 2.05) is 0 Å². The molecule has 0 saturated heterocycles. The maximum Gasteiger partial charge on any atom is 0.338 e. The van der Waals surface area contributed by atoms with E-state index in [0.717, 1.165) is 17.8 Å². The number of halogens is 2. The molecule has 5 nitrogen and oxygen atoms in total.